The molecule has 0 unspecified atom stereocenters. The maximum absolute atomic E-state index is 12.4. The van der Waals surface area contributed by atoms with Crippen molar-refractivity contribution in [3.05, 3.63) is 0 Å². The van der Waals surface area contributed by atoms with E-state index in [0.29, 0.717) is 12.5 Å². The highest BCUT2D eigenvalue weighted by Crippen LogP contribution is 2.36. The van der Waals surface area contributed by atoms with Gasteiger partial charge in [-0.15, -0.1) is 24.8 Å². The summed E-state index contributed by atoms with van der Waals surface area (Å²) in [5, 5.41) is 3.18. The van der Waals surface area contributed by atoms with Crippen molar-refractivity contribution in [3.8, 4) is 0 Å². The first-order chi connectivity index (χ1) is 11.2. The van der Waals surface area contributed by atoms with Gasteiger partial charge in [0.1, 0.15) is 0 Å². The van der Waals surface area contributed by atoms with Gasteiger partial charge in [0.15, 0.2) is 0 Å². The van der Waals surface area contributed by atoms with Crippen LogP contribution in [-0.4, -0.2) is 54.2 Å². The van der Waals surface area contributed by atoms with Gasteiger partial charge < -0.3 is 15.8 Å². The van der Waals surface area contributed by atoms with E-state index in [1.165, 1.54) is 19.3 Å². The summed E-state index contributed by atoms with van der Waals surface area (Å²) in [7, 11) is 0. The van der Waals surface area contributed by atoms with Gasteiger partial charge in [-0.2, -0.15) is 0 Å². The van der Waals surface area contributed by atoms with Crippen LogP contribution in [-0.2, 0) is 9.53 Å². The van der Waals surface area contributed by atoms with E-state index < -0.39 is 6.04 Å². The van der Waals surface area contributed by atoms with E-state index in [1.54, 1.807) is 0 Å². The molecule has 3 N–H and O–H groups in total. The number of amides is 1. The molecule has 1 aliphatic heterocycles. The Morgan fingerprint density at radius 1 is 1.19 bits per heavy atom. The van der Waals surface area contributed by atoms with Crippen LogP contribution in [0.4, 0.5) is 0 Å². The number of carbonyl (C=O) groups is 1. The van der Waals surface area contributed by atoms with Gasteiger partial charge in [0.05, 0.1) is 18.2 Å². The molecule has 2 rings (SSSR count). The maximum Gasteiger partial charge on any atom is 0.236 e. The third-order valence-electron chi connectivity index (χ3n) is 5.53. The molecule has 5 nitrogen and oxygen atoms in total. The highest BCUT2D eigenvalue weighted by atomic mass is 35.5. The van der Waals surface area contributed by atoms with Gasteiger partial charge in [0.25, 0.3) is 0 Å². The molecule has 2 aliphatic rings. The monoisotopic (exact) mass is 411 g/mol. The third kappa shape index (κ3) is 7.16. The molecule has 26 heavy (non-hydrogen) atoms. The van der Waals surface area contributed by atoms with E-state index in [-0.39, 0.29) is 41.9 Å². The molecule has 1 heterocycles. The Balaban J connectivity index is 0.00000312. The van der Waals surface area contributed by atoms with Crippen molar-refractivity contribution in [1.82, 2.24) is 10.2 Å². The average molecular weight is 412 g/mol. The Bertz CT molecular complexity index is 427. The molecule has 0 aromatic rings. The molecule has 0 radical (unpaired) electrons. The Morgan fingerprint density at radius 3 is 2.35 bits per heavy atom. The van der Waals surface area contributed by atoms with Crippen molar-refractivity contribution in [3.63, 3.8) is 0 Å². The highest BCUT2D eigenvalue weighted by molar-refractivity contribution is 5.85. The van der Waals surface area contributed by atoms with Gasteiger partial charge in [-0.05, 0) is 39.0 Å². The van der Waals surface area contributed by atoms with Crippen LogP contribution < -0.4 is 11.1 Å². The molecule has 156 valence electrons. The Kier molecular flexibility index (Phi) is 11.0. The normalized spacial score (nSPS) is 23.5. The molecule has 1 aliphatic carbocycles. The van der Waals surface area contributed by atoms with Crippen molar-refractivity contribution in [2.45, 2.75) is 83.4 Å². The summed E-state index contributed by atoms with van der Waals surface area (Å²) in [4.78, 5) is 15.0. The van der Waals surface area contributed by atoms with E-state index in [2.05, 4.69) is 37.9 Å². The fourth-order valence-corrected chi connectivity index (χ4v) is 4.23. The molecule has 0 bridgehead atoms. The number of hydrogen-bond acceptors (Lipinski definition) is 4. The largest absolute Gasteiger partial charge is 0.373 e. The van der Waals surface area contributed by atoms with E-state index in [0.717, 1.165) is 39.0 Å². The topological polar surface area (TPSA) is 67.6 Å². The van der Waals surface area contributed by atoms with Gasteiger partial charge in [-0.3, -0.25) is 9.69 Å². The number of carbonyl (C=O) groups excluding carboxylic acids is 1. The van der Waals surface area contributed by atoms with E-state index in [4.69, 9.17) is 10.5 Å². The van der Waals surface area contributed by atoms with Crippen LogP contribution in [0, 0.1) is 5.92 Å². The fraction of sp³-hybridized carbons (Fsp3) is 0.947. The molecular weight excluding hydrogens is 373 g/mol. The second-order valence-electron chi connectivity index (χ2n) is 8.77. The smallest absolute Gasteiger partial charge is 0.236 e. The lowest BCUT2D eigenvalue weighted by molar-refractivity contribution is -0.130. The number of nitrogens with two attached hydrogens (primary N) is 1. The van der Waals surface area contributed by atoms with Crippen LogP contribution in [0.5, 0.6) is 0 Å². The van der Waals surface area contributed by atoms with Crippen molar-refractivity contribution < 1.29 is 9.53 Å². The van der Waals surface area contributed by atoms with Gasteiger partial charge in [0.2, 0.25) is 5.91 Å². The maximum atomic E-state index is 12.4. The summed E-state index contributed by atoms with van der Waals surface area (Å²) in [5.74, 6) is 0.440. The molecule has 2 fully saturated rings. The summed E-state index contributed by atoms with van der Waals surface area (Å²) in [5.41, 5.74) is 6.02. The highest BCUT2D eigenvalue weighted by Gasteiger charge is 2.42. The Labute approximate surface area is 172 Å². The summed E-state index contributed by atoms with van der Waals surface area (Å²) < 4.78 is 5.89. The summed E-state index contributed by atoms with van der Waals surface area (Å²) >= 11 is 0. The fourth-order valence-electron chi connectivity index (χ4n) is 4.23. The van der Waals surface area contributed by atoms with Crippen LogP contribution >= 0.6 is 24.8 Å². The molecule has 1 atom stereocenters. The zero-order valence-electron chi connectivity index (χ0n) is 16.9. The van der Waals surface area contributed by atoms with Gasteiger partial charge >= 0.3 is 0 Å². The van der Waals surface area contributed by atoms with Crippen LogP contribution in [0.15, 0.2) is 0 Å². The van der Waals surface area contributed by atoms with Crippen LogP contribution in [0.2, 0.25) is 0 Å². The number of nitrogens with zero attached hydrogens (tertiary/aromatic N) is 1. The predicted molar refractivity (Wildman–Crippen MR) is 112 cm³/mol. The van der Waals surface area contributed by atoms with Crippen LogP contribution in [0.1, 0.15) is 66.2 Å². The number of rotatable bonds is 6. The Morgan fingerprint density at radius 2 is 1.81 bits per heavy atom. The third-order valence-corrected chi connectivity index (χ3v) is 5.53. The van der Waals surface area contributed by atoms with Crippen LogP contribution in [0.25, 0.3) is 0 Å². The van der Waals surface area contributed by atoms with E-state index in [1.807, 2.05) is 0 Å². The van der Waals surface area contributed by atoms with E-state index in [9.17, 15) is 4.79 Å². The minimum atomic E-state index is -0.397. The number of hydrogen-bond donors (Lipinski definition) is 2. The molecule has 7 heteroatoms. The quantitative estimate of drug-likeness (QED) is 0.704. The van der Waals surface area contributed by atoms with Gasteiger partial charge in [-0.1, -0.05) is 33.1 Å². The average Bonchev–Trinajstić information content (AvgIpc) is 2.52. The lowest BCUT2D eigenvalue weighted by Crippen LogP contribution is -2.63. The lowest BCUT2D eigenvalue weighted by Gasteiger charge is -2.51. The van der Waals surface area contributed by atoms with Crippen molar-refractivity contribution in [2.24, 2.45) is 11.7 Å². The van der Waals surface area contributed by atoms with Crippen LogP contribution in [0.3, 0.4) is 0 Å². The molecule has 1 amide bonds. The minimum absolute atomic E-state index is 0. The van der Waals surface area contributed by atoms with E-state index >= 15 is 0 Å². The second-order valence-corrected chi connectivity index (χ2v) is 8.77. The first kappa shape index (κ1) is 25.9. The van der Waals surface area contributed by atoms with Gasteiger partial charge in [0, 0.05) is 25.2 Å². The summed E-state index contributed by atoms with van der Waals surface area (Å²) in [6, 6.07) is -0.397. The minimum Gasteiger partial charge on any atom is -0.373 e. The molecule has 1 saturated heterocycles. The first-order valence-corrected chi connectivity index (χ1v) is 9.66. The molecule has 0 spiro atoms. The number of ether oxygens (including phenoxy) is 1. The van der Waals surface area contributed by atoms with Gasteiger partial charge in [-0.25, -0.2) is 0 Å². The van der Waals surface area contributed by atoms with Crippen molar-refractivity contribution >= 4 is 30.7 Å². The van der Waals surface area contributed by atoms with Crippen molar-refractivity contribution in [2.75, 3.05) is 26.2 Å². The van der Waals surface area contributed by atoms with Crippen molar-refractivity contribution in [1.29, 1.82) is 0 Å². The zero-order valence-corrected chi connectivity index (χ0v) is 18.5. The SMILES string of the molecule is CC(C)C[C@H](N)C(=O)NCC1(N2CCOC(C)(C)C2)CCCCC1.Cl.Cl. The lowest BCUT2D eigenvalue weighted by atomic mass is 9.79. The number of halogens is 2. The molecule has 0 aromatic carbocycles. The summed E-state index contributed by atoms with van der Waals surface area (Å²) in [6.45, 7) is 11.9. The molecule has 0 aromatic heterocycles. The zero-order chi connectivity index (χ0) is 17.8. The standard InChI is InChI=1S/C19H37N3O2.2ClH/c1-15(2)12-16(20)17(23)21-13-19(8-6-5-7-9-19)22-10-11-24-18(3,4)14-22;;/h15-16H,5-14,20H2,1-4H3,(H,21,23);2*1H/t16-;;/m0../s1. The molecule has 1 saturated carbocycles. The summed E-state index contributed by atoms with van der Waals surface area (Å²) in [6.07, 6.45) is 6.84. The first-order valence-electron chi connectivity index (χ1n) is 9.66. The predicted octanol–water partition coefficient (Wildman–Crippen LogP) is 3.13. The number of nitrogens with one attached hydrogen (secondary N) is 1. The number of morpholine rings is 1. The Hall–Kier alpha value is -0.0700. The molecular formula is C19H39Cl2N3O2. The second kappa shape index (κ2) is 11.1.